The van der Waals surface area contributed by atoms with Crippen LogP contribution in [0, 0.1) is 0 Å². The van der Waals surface area contributed by atoms with Crippen molar-refractivity contribution < 1.29 is 4.79 Å². The zero-order valence-corrected chi connectivity index (χ0v) is 12.1. The summed E-state index contributed by atoms with van der Waals surface area (Å²) in [5, 5.41) is 11.4. The fourth-order valence-electron chi connectivity index (χ4n) is 2.23. The summed E-state index contributed by atoms with van der Waals surface area (Å²) in [6.07, 6.45) is 6.17. The number of nitrogens with zero attached hydrogens (tertiary/aromatic N) is 4. The van der Waals surface area contributed by atoms with Crippen LogP contribution < -0.4 is 11.1 Å². The topological polar surface area (TPSA) is 90.8 Å². The summed E-state index contributed by atoms with van der Waals surface area (Å²) in [6, 6.07) is 3.36. The van der Waals surface area contributed by atoms with E-state index in [-0.39, 0.29) is 11.9 Å². The molecule has 2 aromatic heterocycles. The second kappa shape index (κ2) is 5.59. The van der Waals surface area contributed by atoms with Gasteiger partial charge in [0.25, 0.3) is 0 Å². The third-order valence-electron chi connectivity index (χ3n) is 3.70. The fourth-order valence-corrected chi connectivity index (χ4v) is 2.23. The number of amides is 1. The second-order valence-electron chi connectivity index (χ2n) is 5.47. The van der Waals surface area contributed by atoms with Gasteiger partial charge in [-0.05, 0) is 31.9 Å². The minimum Gasteiger partial charge on any atom is -0.382 e. The Bertz CT molecular complexity index is 627. The lowest BCUT2D eigenvalue weighted by molar-refractivity contribution is -0.124. The van der Waals surface area contributed by atoms with E-state index in [2.05, 4.69) is 21.6 Å². The normalized spacial score (nSPS) is 15.9. The lowest BCUT2D eigenvalue weighted by Gasteiger charge is -2.12. The maximum Gasteiger partial charge on any atom is 0.244 e. The predicted molar refractivity (Wildman–Crippen MR) is 78.6 cm³/mol. The standard InChI is InChI=1S/C14H20N6O/c1-10(20-8-5-13(15)18-20)14(21)16-6-9-19-7-4-12(17-19)11-2-3-11/h4-5,7-8,10-11H,2-3,6,9H2,1H3,(H2,15,18)(H,16,21). The lowest BCUT2D eigenvalue weighted by atomic mass is 10.3. The smallest absolute Gasteiger partial charge is 0.244 e. The molecule has 1 fully saturated rings. The van der Waals surface area contributed by atoms with Gasteiger partial charge in [-0.25, -0.2) is 0 Å². The molecule has 2 aromatic rings. The van der Waals surface area contributed by atoms with Crippen molar-refractivity contribution in [3.8, 4) is 0 Å². The van der Waals surface area contributed by atoms with Crippen LogP contribution in [0.3, 0.4) is 0 Å². The molecule has 1 amide bonds. The summed E-state index contributed by atoms with van der Waals surface area (Å²) in [5.41, 5.74) is 6.72. The molecule has 112 valence electrons. The van der Waals surface area contributed by atoms with Gasteiger partial charge in [-0.3, -0.25) is 14.2 Å². The van der Waals surface area contributed by atoms with Crippen LogP contribution in [0.1, 0.15) is 37.4 Å². The van der Waals surface area contributed by atoms with Crippen LogP contribution in [-0.4, -0.2) is 32.0 Å². The number of rotatable bonds is 6. The monoisotopic (exact) mass is 288 g/mol. The minimum absolute atomic E-state index is 0.0762. The van der Waals surface area contributed by atoms with Crippen LogP contribution in [0.2, 0.25) is 0 Å². The molecule has 1 saturated carbocycles. The Kier molecular flexibility index (Phi) is 3.64. The molecule has 2 heterocycles. The van der Waals surface area contributed by atoms with E-state index in [0.29, 0.717) is 24.8 Å². The van der Waals surface area contributed by atoms with E-state index in [1.807, 2.05) is 10.9 Å². The van der Waals surface area contributed by atoms with Gasteiger partial charge in [0.2, 0.25) is 5.91 Å². The van der Waals surface area contributed by atoms with Crippen molar-refractivity contribution in [2.75, 3.05) is 12.3 Å². The Hall–Kier alpha value is -2.31. The van der Waals surface area contributed by atoms with Crippen molar-refractivity contribution in [3.05, 3.63) is 30.2 Å². The number of carbonyl (C=O) groups is 1. The summed E-state index contributed by atoms with van der Waals surface area (Å²) in [5.74, 6) is 0.998. The first-order valence-corrected chi connectivity index (χ1v) is 7.25. The van der Waals surface area contributed by atoms with Gasteiger partial charge in [0.05, 0.1) is 12.2 Å². The van der Waals surface area contributed by atoms with Gasteiger partial charge in [0.1, 0.15) is 11.9 Å². The molecule has 1 aliphatic carbocycles. The van der Waals surface area contributed by atoms with Crippen molar-refractivity contribution in [1.29, 1.82) is 0 Å². The van der Waals surface area contributed by atoms with Gasteiger partial charge in [-0.2, -0.15) is 10.2 Å². The van der Waals surface area contributed by atoms with Crippen LogP contribution in [0.4, 0.5) is 5.82 Å². The Morgan fingerprint density at radius 2 is 2.24 bits per heavy atom. The van der Waals surface area contributed by atoms with Crippen molar-refractivity contribution in [1.82, 2.24) is 24.9 Å². The molecule has 0 aromatic carbocycles. The van der Waals surface area contributed by atoms with E-state index in [1.165, 1.54) is 18.5 Å². The largest absolute Gasteiger partial charge is 0.382 e. The molecule has 1 aliphatic rings. The molecule has 3 N–H and O–H groups in total. The van der Waals surface area contributed by atoms with E-state index in [1.54, 1.807) is 23.9 Å². The number of aromatic nitrogens is 4. The molecule has 0 aliphatic heterocycles. The summed E-state index contributed by atoms with van der Waals surface area (Å²) in [6.45, 7) is 3.01. The zero-order chi connectivity index (χ0) is 14.8. The highest BCUT2D eigenvalue weighted by molar-refractivity contribution is 5.79. The van der Waals surface area contributed by atoms with Gasteiger partial charge < -0.3 is 11.1 Å². The maximum absolute atomic E-state index is 12.0. The molecule has 0 radical (unpaired) electrons. The van der Waals surface area contributed by atoms with Crippen LogP contribution in [-0.2, 0) is 11.3 Å². The molecule has 1 atom stereocenters. The van der Waals surface area contributed by atoms with E-state index in [0.717, 1.165) is 0 Å². The van der Waals surface area contributed by atoms with Crippen LogP contribution in [0.25, 0.3) is 0 Å². The van der Waals surface area contributed by atoms with E-state index >= 15 is 0 Å². The Balaban J connectivity index is 1.46. The van der Waals surface area contributed by atoms with Crippen LogP contribution in [0.5, 0.6) is 0 Å². The van der Waals surface area contributed by atoms with Crippen LogP contribution >= 0.6 is 0 Å². The lowest BCUT2D eigenvalue weighted by Crippen LogP contribution is -2.33. The number of nitrogens with one attached hydrogen (secondary N) is 1. The summed E-state index contributed by atoms with van der Waals surface area (Å²) >= 11 is 0. The Morgan fingerprint density at radius 1 is 1.43 bits per heavy atom. The molecule has 3 rings (SSSR count). The predicted octanol–water partition coefficient (Wildman–Crippen LogP) is 0.917. The number of nitrogens with two attached hydrogens (primary N) is 1. The van der Waals surface area contributed by atoms with Crippen molar-refractivity contribution in [2.45, 2.75) is 38.3 Å². The summed E-state index contributed by atoms with van der Waals surface area (Å²) in [4.78, 5) is 12.0. The first-order chi connectivity index (χ1) is 10.1. The molecular weight excluding hydrogens is 268 g/mol. The van der Waals surface area contributed by atoms with Gasteiger partial charge in [0, 0.05) is 24.9 Å². The minimum atomic E-state index is -0.373. The Morgan fingerprint density at radius 3 is 2.90 bits per heavy atom. The second-order valence-corrected chi connectivity index (χ2v) is 5.47. The van der Waals surface area contributed by atoms with E-state index in [4.69, 9.17) is 5.73 Å². The van der Waals surface area contributed by atoms with Gasteiger partial charge in [0.15, 0.2) is 0 Å². The highest BCUT2D eigenvalue weighted by Crippen LogP contribution is 2.38. The number of hydrogen-bond donors (Lipinski definition) is 2. The quantitative estimate of drug-likeness (QED) is 0.827. The molecule has 1 unspecified atom stereocenters. The van der Waals surface area contributed by atoms with Gasteiger partial charge >= 0.3 is 0 Å². The van der Waals surface area contributed by atoms with E-state index in [9.17, 15) is 4.79 Å². The van der Waals surface area contributed by atoms with Crippen molar-refractivity contribution in [3.63, 3.8) is 0 Å². The summed E-state index contributed by atoms with van der Waals surface area (Å²) in [7, 11) is 0. The van der Waals surface area contributed by atoms with Crippen LogP contribution in [0.15, 0.2) is 24.5 Å². The third kappa shape index (κ3) is 3.24. The average molecular weight is 288 g/mol. The maximum atomic E-state index is 12.0. The molecule has 7 nitrogen and oxygen atoms in total. The number of carbonyl (C=O) groups excluding carboxylic acids is 1. The molecule has 7 heteroatoms. The SMILES string of the molecule is CC(C(=O)NCCn1ccc(C2CC2)n1)n1ccc(N)n1. The van der Waals surface area contributed by atoms with Gasteiger partial charge in [-0.15, -0.1) is 0 Å². The highest BCUT2D eigenvalue weighted by atomic mass is 16.2. The van der Waals surface area contributed by atoms with Crippen molar-refractivity contribution >= 4 is 11.7 Å². The molecular formula is C14H20N6O. The average Bonchev–Trinajstić information content (AvgIpc) is 3.06. The molecule has 0 saturated heterocycles. The number of anilines is 1. The molecule has 0 spiro atoms. The first kappa shape index (κ1) is 13.7. The van der Waals surface area contributed by atoms with Gasteiger partial charge in [-0.1, -0.05) is 0 Å². The van der Waals surface area contributed by atoms with Crippen molar-refractivity contribution in [2.24, 2.45) is 0 Å². The highest BCUT2D eigenvalue weighted by Gasteiger charge is 2.25. The summed E-state index contributed by atoms with van der Waals surface area (Å²) < 4.78 is 3.44. The Labute approximate surface area is 123 Å². The number of nitrogen functional groups attached to an aromatic ring is 1. The number of hydrogen-bond acceptors (Lipinski definition) is 4. The first-order valence-electron chi connectivity index (χ1n) is 7.25. The third-order valence-corrected chi connectivity index (χ3v) is 3.70. The van der Waals surface area contributed by atoms with E-state index < -0.39 is 0 Å². The molecule has 21 heavy (non-hydrogen) atoms. The molecule has 0 bridgehead atoms. The fraction of sp³-hybridized carbons (Fsp3) is 0.500. The zero-order valence-electron chi connectivity index (χ0n) is 12.1.